The highest BCUT2D eigenvalue weighted by atomic mass is 19.1. The molecule has 0 saturated carbocycles. The van der Waals surface area contributed by atoms with Crippen molar-refractivity contribution >= 4 is 11.8 Å². The lowest BCUT2D eigenvalue weighted by atomic mass is 10.1. The second kappa shape index (κ2) is 9.57. The van der Waals surface area contributed by atoms with E-state index in [4.69, 9.17) is 4.74 Å². The Morgan fingerprint density at radius 3 is 2.22 bits per heavy atom. The van der Waals surface area contributed by atoms with Gasteiger partial charge < -0.3 is 4.74 Å². The summed E-state index contributed by atoms with van der Waals surface area (Å²) in [6.07, 6.45) is 1.61. The summed E-state index contributed by atoms with van der Waals surface area (Å²) in [4.78, 5) is 24.9. The third kappa shape index (κ3) is 4.99. The topological polar surface area (TPSA) is 85.3 Å². The first-order valence-electron chi connectivity index (χ1n) is 9.78. The minimum absolute atomic E-state index is 0.291. The maximum absolute atomic E-state index is 12.9. The Morgan fingerprint density at radius 1 is 0.875 bits per heavy atom. The van der Waals surface area contributed by atoms with E-state index in [0.29, 0.717) is 17.0 Å². The Hall–Kier alpha value is -4.46. The van der Waals surface area contributed by atoms with Crippen molar-refractivity contribution in [1.29, 1.82) is 0 Å². The summed E-state index contributed by atoms with van der Waals surface area (Å²) >= 11 is 0. The zero-order valence-electron chi connectivity index (χ0n) is 16.9. The molecule has 4 rings (SSSR count). The van der Waals surface area contributed by atoms with E-state index < -0.39 is 17.6 Å². The molecular formula is C24H19FN4O3. The number of ether oxygens (including phenoxy) is 1. The van der Waals surface area contributed by atoms with Crippen LogP contribution in [0, 0.1) is 5.82 Å². The predicted molar refractivity (Wildman–Crippen MR) is 117 cm³/mol. The molecule has 0 saturated heterocycles. The summed E-state index contributed by atoms with van der Waals surface area (Å²) in [5.41, 5.74) is 7.02. The normalized spacial score (nSPS) is 10.4. The molecule has 2 N–H and O–H groups in total. The molecule has 0 spiro atoms. The molecule has 0 atom stereocenters. The summed E-state index contributed by atoms with van der Waals surface area (Å²) in [5.74, 6) is -1.16. The van der Waals surface area contributed by atoms with Crippen molar-refractivity contribution in [2.45, 2.75) is 0 Å². The number of aromatic nitrogens is 2. The molecule has 0 aliphatic rings. The number of carbonyl (C=O) groups is 2. The van der Waals surface area contributed by atoms with Crippen molar-refractivity contribution in [1.82, 2.24) is 20.6 Å². The number of rotatable bonds is 6. The number of hydrazine groups is 1. The van der Waals surface area contributed by atoms with Crippen molar-refractivity contribution in [3.8, 4) is 22.7 Å². The number of para-hydroxylation sites is 1. The van der Waals surface area contributed by atoms with E-state index in [9.17, 15) is 14.0 Å². The molecule has 8 heteroatoms. The Kier molecular flexibility index (Phi) is 6.22. The molecular weight excluding hydrogens is 411 g/mol. The molecule has 1 aromatic heterocycles. The van der Waals surface area contributed by atoms with Crippen LogP contribution in [-0.4, -0.2) is 28.2 Å². The Labute approximate surface area is 183 Å². The number of carbonyl (C=O) groups excluding carboxylic acids is 2. The van der Waals surface area contributed by atoms with E-state index in [2.05, 4.69) is 16.0 Å². The number of nitrogens with one attached hydrogen (secondary N) is 2. The average Bonchev–Trinajstić information content (AvgIpc) is 3.29. The highest BCUT2D eigenvalue weighted by Gasteiger charge is 2.19. The van der Waals surface area contributed by atoms with Crippen LogP contribution in [0.25, 0.3) is 16.9 Å². The summed E-state index contributed by atoms with van der Waals surface area (Å²) in [7, 11) is 0. The van der Waals surface area contributed by atoms with Crippen molar-refractivity contribution in [3.05, 3.63) is 103 Å². The molecule has 0 unspecified atom stereocenters. The zero-order chi connectivity index (χ0) is 22.3. The zero-order valence-corrected chi connectivity index (χ0v) is 16.9. The lowest BCUT2D eigenvalue weighted by molar-refractivity contribution is -0.123. The quantitative estimate of drug-likeness (QED) is 0.459. The molecule has 0 aliphatic heterocycles. The fraction of sp³-hybridized carbons (Fsp3) is 0.0417. The van der Waals surface area contributed by atoms with Gasteiger partial charge in [0.1, 0.15) is 17.3 Å². The van der Waals surface area contributed by atoms with Gasteiger partial charge in [-0.1, -0.05) is 48.5 Å². The molecule has 1 heterocycles. The van der Waals surface area contributed by atoms with Crippen LogP contribution in [0.3, 0.4) is 0 Å². The highest BCUT2D eigenvalue weighted by Crippen LogP contribution is 2.23. The summed E-state index contributed by atoms with van der Waals surface area (Å²) in [6.45, 7) is -0.346. The van der Waals surface area contributed by atoms with Crippen LogP contribution in [0.5, 0.6) is 5.75 Å². The fourth-order valence-electron chi connectivity index (χ4n) is 2.97. The van der Waals surface area contributed by atoms with Crippen LogP contribution in [0.1, 0.15) is 10.4 Å². The van der Waals surface area contributed by atoms with E-state index >= 15 is 0 Å². The van der Waals surface area contributed by atoms with E-state index in [1.54, 1.807) is 10.9 Å². The Balaban J connectivity index is 1.46. The van der Waals surface area contributed by atoms with Gasteiger partial charge in [-0.05, 0) is 36.4 Å². The number of amides is 2. The maximum atomic E-state index is 12.9. The van der Waals surface area contributed by atoms with Crippen LogP contribution in [0.2, 0.25) is 0 Å². The van der Waals surface area contributed by atoms with Crippen LogP contribution in [0.4, 0.5) is 4.39 Å². The molecule has 160 valence electrons. The maximum Gasteiger partial charge on any atom is 0.276 e. The SMILES string of the molecule is O=C(COc1ccc(F)cc1)NNC(=O)c1cn(-c2ccccc2)nc1-c1ccccc1. The van der Waals surface area contributed by atoms with Gasteiger partial charge in [-0.25, -0.2) is 9.07 Å². The lowest BCUT2D eigenvalue weighted by Crippen LogP contribution is -2.43. The first kappa shape index (κ1) is 20.8. The van der Waals surface area contributed by atoms with Gasteiger partial charge >= 0.3 is 0 Å². The van der Waals surface area contributed by atoms with Crippen LogP contribution < -0.4 is 15.6 Å². The van der Waals surface area contributed by atoms with Crippen molar-refractivity contribution in [2.24, 2.45) is 0 Å². The van der Waals surface area contributed by atoms with Gasteiger partial charge in [-0.15, -0.1) is 0 Å². The second-order valence-corrected chi connectivity index (χ2v) is 6.78. The molecule has 0 aliphatic carbocycles. The van der Waals surface area contributed by atoms with Crippen molar-refractivity contribution in [2.75, 3.05) is 6.61 Å². The summed E-state index contributed by atoms with van der Waals surface area (Å²) < 4.78 is 19.8. The lowest BCUT2D eigenvalue weighted by Gasteiger charge is -2.09. The van der Waals surface area contributed by atoms with Crippen molar-refractivity contribution in [3.63, 3.8) is 0 Å². The third-order valence-corrected chi connectivity index (χ3v) is 4.53. The molecule has 7 nitrogen and oxygen atoms in total. The van der Waals surface area contributed by atoms with E-state index in [1.807, 2.05) is 60.7 Å². The van der Waals surface area contributed by atoms with Gasteiger partial charge in [0.25, 0.3) is 11.8 Å². The van der Waals surface area contributed by atoms with Crippen LogP contribution >= 0.6 is 0 Å². The number of hydrogen-bond acceptors (Lipinski definition) is 4. The smallest absolute Gasteiger partial charge is 0.276 e. The predicted octanol–water partition coefficient (Wildman–Crippen LogP) is 3.52. The number of benzene rings is 3. The highest BCUT2D eigenvalue weighted by molar-refractivity contribution is 6.00. The molecule has 0 fully saturated rings. The van der Waals surface area contributed by atoms with Gasteiger partial charge in [-0.3, -0.25) is 20.4 Å². The van der Waals surface area contributed by atoms with Gasteiger partial charge in [0.2, 0.25) is 0 Å². The Bertz CT molecular complexity index is 1210. The minimum atomic E-state index is -0.570. The van der Waals surface area contributed by atoms with Gasteiger partial charge in [0, 0.05) is 11.8 Å². The van der Waals surface area contributed by atoms with Gasteiger partial charge in [0.15, 0.2) is 6.61 Å². The number of halogens is 1. The monoisotopic (exact) mass is 430 g/mol. The van der Waals surface area contributed by atoms with Crippen molar-refractivity contribution < 1.29 is 18.7 Å². The largest absolute Gasteiger partial charge is 0.484 e. The van der Waals surface area contributed by atoms with E-state index in [0.717, 1.165) is 11.3 Å². The van der Waals surface area contributed by atoms with Gasteiger partial charge in [0.05, 0.1) is 11.3 Å². The molecule has 0 bridgehead atoms. The number of nitrogens with zero attached hydrogens (tertiary/aromatic N) is 2. The molecule has 4 aromatic rings. The van der Waals surface area contributed by atoms with Crippen LogP contribution in [0.15, 0.2) is 91.1 Å². The first-order chi connectivity index (χ1) is 15.6. The van der Waals surface area contributed by atoms with E-state index in [-0.39, 0.29) is 6.61 Å². The Morgan fingerprint density at radius 2 is 1.53 bits per heavy atom. The first-order valence-corrected chi connectivity index (χ1v) is 9.78. The standard InChI is InChI=1S/C24H19FN4O3/c25-18-11-13-20(14-12-18)32-16-22(30)26-27-24(31)21-15-29(19-9-5-2-6-10-19)28-23(21)17-7-3-1-4-8-17/h1-15H,16H2,(H,26,30)(H,27,31). The molecule has 32 heavy (non-hydrogen) atoms. The van der Waals surface area contributed by atoms with Gasteiger partial charge in [-0.2, -0.15) is 5.10 Å². The summed E-state index contributed by atoms with van der Waals surface area (Å²) in [6, 6.07) is 23.9. The fourth-order valence-corrected chi connectivity index (χ4v) is 2.97. The second-order valence-electron chi connectivity index (χ2n) is 6.78. The molecule has 3 aromatic carbocycles. The average molecular weight is 430 g/mol. The molecule has 2 amide bonds. The van der Waals surface area contributed by atoms with E-state index in [1.165, 1.54) is 24.3 Å². The van der Waals surface area contributed by atoms with Crippen LogP contribution in [-0.2, 0) is 4.79 Å². The molecule has 0 radical (unpaired) electrons. The number of hydrogen-bond donors (Lipinski definition) is 2. The third-order valence-electron chi connectivity index (χ3n) is 4.53. The minimum Gasteiger partial charge on any atom is -0.484 e. The summed E-state index contributed by atoms with van der Waals surface area (Å²) in [5, 5.41) is 4.57.